The van der Waals surface area contributed by atoms with Gasteiger partial charge < -0.3 is 10.6 Å². The molecule has 0 spiro atoms. The van der Waals surface area contributed by atoms with Crippen molar-refractivity contribution in [1.29, 1.82) is 0 Å². The van der Waals surface area contributed by atoms with Gasteiger partial charge in [-0.05, 0) is 48.6 Å². The van der Waals surface area contributed by atoms with E-state index in [1.165, 1.54) is 15.8 Å². The van der Waals surface area contributed by atoms with Gasteiger partial charge in [-0.3, -0.25) is 0 Å². The average molecular weight is 305 g/mol. The van der Waals surface area contributed by atoms with Crippen LogP contribution in [0.2, 0.25) is 0 Å². The van der Waals surface area contributed by atoms with Crippen molar-refractivity contribution in [3.8, 4) is 0 Å². The summed E-state index contributed by atoms with van der Waals surface area (Å²) in [6.45, 7) is 7.77. The molecule has 1 rings (SSSR count). The van der Waals surface area contributed by atoms with Crippen LogP contribution in [0.15, 0.2) is 15.9 Å². The highest BCUT2D eigenvalue weighted by atomic mass is 79.9. The molecule has 0 unspecified atom stereocenters. The quantitative estimate of drug-likeness (QED) is 0.757. The van der Waals surface area contributed by atoms with Gasteiger partial charge in [0.2, 0.25) is 0 Å². The van der Waals surface area contributed by atoms with Gasteiger partial charge in [0.15, 0.2) is 0 Å². The van der Waals surface area contributed by atoms with E-state index in [9.17, 15) is 0 Å². The summed E-state index contributed by atoms with van der Waals surface area (Å²) in [6.07, 6.45) is 1.18. The molecule has 0 fully saturated rings. The third-order valence-electron chi connectivity index (χ3n) is 2.58. The van der Waals surface area contributed by atoms with Gasteiger partial charge in [-0.25, -0.2) is 0 Å². The molecule has 0 aromatic carbocycles. The topological polar surface area (TPSA) is 24.1 Å². The van der Waals surface area contributed by atoms with Crippen molar-refractivity contribution in [3.63, 3.8) is 0 Å². The zero-order chi connectivity index (χ0) is 12.0. The lowest BCUT2D eigenvalue weighted by Crippen LogP contribution is -2.33. The van der Waals surface area contributed by atoms with Crippen molar-refractivity contribution in [1.82, 2.24) is 10.6 Å². The molecule has 2 N–H and O–H groups in total. The van der Waals surface area contributed by atoms with E-state index in [4.69, 9.17) is 0 Å². The molecular formula is C12H21BrN2S. The van der Waals surface area contributed by atoms with Gasteiger partial charge in [0.05, 0.1) is 0 Å². The largest absolute Gasteiger partial charge is 0.320 e. The van der Waals surface area contributed by atoms with Crippen LogP contribution in [0.25, 0.3) is 0 Å². The molecule has 16 heavy (non-hydrogen) atoms. The number of halogens is 1. The molecule has 92 valence electrons. The first-order valence-electron chi connectivity index (χ1n) is 5.66. The first kappa shape index (κ1) is 14.2. The second-order valence-electron chi connectivity index (χ2n) is 4.65. The van der Waals surface area contributed by atoms with Crippen LogP contribution in [0, 0.1) is 0 Å². The van der Waals surface area contributed by atoms with E-state index in [0.717, 1.165) is 19.6 Å². The Morgan fingerprint density at radius 3 is 2.69 bits per heavy atom. The van der Waals surface area contributed by atoms with E-state index in [2.05, 4.69) is 51.9 Å². The van der Waals surface area contributed by atoms with E-state index in [1.54, 1.807) is 0 Å². The molecule has 0 saturated heterocycles. The first-order valence-corrected chi connectivity index (χ1v) is 7.33. The lowest BCUT2D eigenvalue weighted by molar-refractivity contribution is 0.472. The number of nitrogens with one attached hydrogen (secondary N) is 2. The van der Waals surface area contributed by atoms with Crippen LogP contribution in [0.1, 0.15) is 25.1 Å². The summed E-state index contributed by atoms with van der Waals surface area (Å²) in [5.74, 6) is 0. The molecule has 0 saturated carbocycles. The minimum atomic E-state index is 0.219. The van der Waals surface area contributed by atoms with Crippen molar-refractivity contribution < 1.29 is 0 Å². The van der Waals surface area contributed by atoms with Crippen molar-refractivity contribution in [3.05, 3.63) is 20.8 Å². The number of rotatable bonds is 7. The minimum Gasteiger partial charge on any atom is -0.320 e. The SMILES string of the molecule is CNCCCNCC(C)(C)c1cc(Br)cs1. The zero-order valence-electron chi connectivity index (χ0n) is 10.3. The Balaban J connectivity index is 2.34. The molecule has 0 bridgehead atoms. The summed E-state index contributed by atoms with van der Waals surface area (Å²) in [5.41, 5.74) is 0.219. The summed E-state index contributed by atoms with van der Waals surface area (Å²) in [5, 5.41) is 8.83. The summed E-state index contributed by atoms with van der Waals surface area (Å²) in [6, 6.07) is 2.22. The first-order chi connectivity index (χ1) is 7.56. The van der Waals surface area contributed by atoms with Crippen LogP contribution in [0.3, 0.4) is 0 Å². The molecule has 0 amide bonds. The molecule has 0 aliphatic heterocycles. The van der Waals surface area contributed by atoms with Crippen molar-refractivity contribution in [2.75, 3.05) is 26.7 Å². The Bertz CT molecular complexity index is 310. The van der Waals surface area contributed by atoms with Gasteiger partial charge >= 0.3 is 0 Å². The maximum absolute atomic E-state index is 3.52. The fraction of sp³-hybridized carbons (Fsp3) is 0.667. The normalized spacial score (nSPS) is 12.0. The highest BCUT2D eigenvalue weighted by Crippen LogP contribution is 2.30. The smallest absolute Gasteiger partial charge is 0.0285 e. The minimum absolute atomic E-state index is 0.219. The second-order valence-corrected chi connectivity index (χ2v) is 6.47. The van der Waals surface area contributed by atoms with Crippen LogP contribution < -0.4 is 10.6 Å². The van der Waals surface area contributed by atoms with E-state index in [1.807, 2.05) is 18.4 Å². The Kier molecular flexibility index (Phi) is 5.97. The van der Waals surface area contributed by atoms with E-state index in [0.29, 0.717) is 0 Å². The molecule has 1 heterocycles. The fourth-order valence-corrected chi connectivity index (χ4v) is 3.10. The molecule has 1 aromatic heterocycles. The number of thiophene rings is 1. The van der Waals surface area contributed by atoms with Gasteiger partial charge in [-0.2, -0.15) is 0 Å². The molecule has 0 aliphatic rings. The lowest BCUT2D eigenvalue weighted by Gasteiger charge is -2.23. The van der Waals surface area contributed by atoms with Crippen LogP contribution >= 0.6 is 27.3 Å². The van der Waals surface area contributed by atoms with Gasteiger partial charge in [0, 0.05) is 26.7 Å². The highest BCUT2D eigenvalue weighted by molar-refractivity contribution is 9.10. The fourth-order valence-electron chi connectivity index (χ4n) is 1.55. The lowest BCUT2D eigenvalue weighted by atomic mass is 9.91. The van der Waals surface area contributed by atoms with Crippen molar-refractivity contribution in [2.45, 2.75) is 25.7 Å². The summed E-state index contributed by atoms with van der Waals surface area (Å²) >= 11 is 5.33. The monoisotopic (exact) mass is 304 g/mol. The molecule has 0 aliphatic carbocycles. The average Bonchev–Trinajstić information content (AvgIpc) is 2.65. The zero-order valence-corrected chi connectivity index (χ0v) is 12.7. The summed E-state index contributed by atoms with van der Waals surface area (Å²) in [4.78, 5) is 1.43. The van der Waals surface area contributed by atoms with E-state index < -0.39 is 0 Å². The van der Waals surface area contributed by atoms with Crippen molar-refractivity contribution >= 4 is 27.3 Å². The van der Waals surface area contributed by atoms with Gasteiger partial charge in [0.25, 0.3) is 0 Å². The van der Waals surface area contributed by atoms with Crippen molar-refractivity contribution in [2.24, 2.45) is 0 Å². The molecular weight excluding hydrogens is 284 g/mol. The van der Waals surface area contributed by atoms with Gasteiger partial charge in [0.1, 0.15) is 0 Å². The van der Waals surface area contributed by atoms with Crippen LogP contribution in [-0.4, -0.2) is 26.7 Å². The summed E-state index contributed by atoms with van der Waals surface area (Å²) in [7, 11) is 1.99. The highest BCUT2D eigenvalue weighted by Gasteiger charge is 2.21. The maximum atomic E-state index is 3.52. The third-order valence-corrected chi connectivity index (χ3v) is 4.64. The van der Waals surface area contributed by atoms with Gasteiger partial charge in [-0.1, -0.05) is 13.8 Å². The predicted octanol–water partition coefficient (Wildman–Crippen LogP) is 2.99. The standard InChI is InChI=1S/C12H21BrN2S/c1-12(2,9-15-6-4-5-14-3)11-7-10(13)8-16-11/h7-8,14-15H,4-6,9H2,1-3H3. The summed E-state index contributed by atoms with van der Waals surface area (Å²) < 4.78 is 1.19. The molecule has 0 atom stereocenters. The molecule has 1 aromatic rings. The Labute approximate surface area is 111 Å². The molecule has 4 heteroatoms. The third kappa shape index (κ3) is 4.53. The number of hydrogen-bond acceptors (Lipinski definition) is 3. The Hall–Kier alpha value is 0.1000. The maximum Gasteiger partial charge on any atom is 0.0285 e. The van der Waals surface area contributed by atoms with Gasteiger partial charge in [-0.15, -0.1) is 11.3 Å². The van der Waals surface area contributed by atoms with Crippen LogP contribution in [0.4, 0.5) is 0 Å². The molecule has 0 radical (unpaired) electrons. The molecule has 2 nitrogen and oxygen atoms in total. The number of hydrogen-bond donors (Lipinski definition) is 2. The van der Waals surface area contributed by atoms with E-state index >= 15 is 0 Å². The Morgan fingerprint density at radius 1 is 1.38 bits per heavy atom. The van der Waals surface area contributed by atoms with Crippen LogP contribution in [-0.2, 0) is 5.41 Å². The second kappa shape index (κ2) is 6.74. The van der Waals surface area contributed by atoms with E-state index in [-0.39, 0.29) is 5.41 Å². The van der Waals surface area contributed by atoms with Crippen LogP contribution in [0.5, 0.6) is 0 Å². The predicted molar refractivity (Wildman–Crippen MR) is 76.5 cm³/mol. The Morgan fingerprint density at radius 2 is 2.12 bits per heavy atom.